The van der Waals surface area contributed by atoms with E-state index in [2.05, 4.69) is 22.0 Å². The van der Waals surface area contributed by atoms with Gasteiger partial charge in [0.1, 0.15) is 0 Å². The molecule has 94 valence electrons. The maximum Gasteiger partial charge on any atom is 0.0270 e. The van der Waals surface area contributed by atoms with Crippen molar-refractivity contribution in [1.29, 1.82) is 0 Å². The lowest BCUT2D eigenvalue weighted by Gasteiger charge is -2.31. The Hall–Kier alpha value is -0.930. The molecular weight excluding hydrogens is 210 g/mol. The molecule has 0 atom stereocenters. The van der Waals surface area contributed by atoms with Crippen LogP contribution in [0.25, 0.3) is 0 Å². The van der Waals surface area contributed by atoms with E-state index in [1.54, 1.807) is 0 Å². The summed E-state index contributed by atoms with van der Waals surface area (Å²) in [4.78, 5) is 6.62. The van der Waals surface area contributed by atoms with E-state index in [-0.39, 0.29) is 0 Å². The molecule has 1 saturated heterocycles. The van der Waals surface area contributed by atoms with Crippen LogP contribution in [0.1, 0.15) is 24.8 Å². The van der Waals surface area contributed by atoms with Crippen molar-refractivity contribution in [2.24, 2.45) is 11.7 Å². The second-order valence-electron chi connectivity index (χ2n) is 4.97. The van der Waals surface area contributed by atoms with Crippen LogP contribution >= 0.6 is 0 Å². The van der Waals surface area contributed by atoms with E-state index in [9.17, 15) is 0 Å². The van der Waals surface area contributed by atoms with Crippen molar-refractivity contribution in [3.8, 4) is 0 Å². The van der Waals surface area contributed by atoms with Gasteiger partial charge < -0.3 is 10.6 Å². The third kappa shape index (κ3) is 4.10. The lowest BCUT2D eigenvalue weighted by atomic mass is 9.93. The molecule has 2 heterocycles. The average Bonchev–Trinajstić information content (AvgIpc) is 2.40. The van der Waals surface area contributed by atoms with Crippen LogP contribution in [-0.4, -0.2) is 36.1 Å². The Morgan fingerprint density at radius 1 is 1.24 bits per heavy atom. The Balaban J connectivity index is 1.68. The summed E-state index contributed by atoms with van der Waals surface area (Å²) in [6.07, 6.45) is 8.76. The second kappa shape index (κ2) is 6.72. The van der Waals surface area contributed by atoms with Crippen LogP contribution in [0, 0.1) is 5.92 Å². The van der Waals surface area contributed by atoms with Gasteiger partial charge in [0.2, 0.25) is 0 Å². The molecule has 0 unspecified atom stereocenters. The summed E-state index contributed by atoms with van der Waals surface area (Å²) in [5, 5.41) is 0. The molecule has 1 aromatic heterocycles. The Bertz CT molecular complexity index is 305. The van der Waals surface area contributed by atoms with Crippen LogP contribution in [0.4, 0.5) is 0 Å². The molecule has 0 saturated carbocycles. The van der Waals surface area contributed by atoms with E-state index in [0.29, 0.717) is 0 Å². The Morgan fingerprint density at radius 3 is 2.59 bits per heavy atom. The molecule has 1 fully saturated rings. The molecule has 3 nitrogen and oxygen atoms in total. The highest BCUT2D eigenvalue weighted by Crippen LogP contribution is 2.19. The first-order valence-electron chi connectivity index (χ1n) is 6.70. The quantitative estimate of drug-likeness (QED) is 0.841. The van der Waals surface area contributed by atoms with Gasteiger partial charge in [0.05, 0.1) is 0 Å². The summed E-state index contributed by atoms with van der Waals surface area (Å²) in [5.74, 6) is 0.872. The normalized spacial score (nSPS) is 18.4. The third-order valence-corrected chi connectivity index (χ3v) is 3.75. The van der Waals surface area contributed by atoms with Crippen molar-refractivity contribution in [1.82, 2.24) is 9.88 Å². The summed E-state index contributed by atoms with van der Waals surface area (Å²) >= 11 is 0. The molecule has 3 heteroatoms. The Labute approximate surface area is 104 Å². The standard InChI is InChI=1S/C14H23N3/c15-7-1-13-4-10-17(11-5-13)12-6-14-2-8-16-9-3-14/h2-3,8-9,13H,1,4-7,10-12,15H2. The van der Waals surface area contributed by atoms with Crippen molar-refractivity contribution in [3.05, 3.63) is 30.1 Å². The molecule has 1 aliphatic heterocycles. The minimum absolute atomic E-state index is 0.849. The van der Waals surface area contributed by atoms with Crippen LogP contribution in [0.5, 0.6) is 0 Å². The van der Waals surface area contributed by atoms with E-state index in [4.69, 9.17) is 5.73 Å². The minimum Gasteiger partial charge on any atom is -0.330 e. The van der Waals surface area contributed by atoms with E-state index < -0.39 is 0 Å². The van der Waals surface area contributed by atoms with Gasteiger partial charge in [-0.05, 0) is 68.9 Å². The van der Waals surface area contributed by atoms with Crippen molar-refractivity contribution in [2.75, 3.05) is 26.2 Å². The van der Waals surface area contributed by atoms with E-state index in [1.807, 2.05) is 12.4 Å². The average molecular weight is 233 g/mol. The number of rotatable bonds is 5. The molecule has 2 rings (SSSR count). The van der Waals surface area contributed by atoms with Crippen LogP contribution in [0.2, 0.25) is 0 Å². The number of nitrogens with zero attached hydrogens (tertiary/aromatic N) is 2. The van der Waals surface area contributed by atoms with Gasteiger partial charge in [-0.25, -0.2) is 0 Å². The van der Waals surface area contributed by atoms with Gasteiger partial charge in [-0.15, -0.1) is 0 Å². The van der Waals surface area contributed by atoms with Gasteiger partial charge in [0, 0.05) is 18.9 Å². The first-order chi connectivity index (χ1) is 8.38. The fraction of sp³-hybridized carbons (Fsp3) is 0.643. The maximum atomic E-state index is 5.61. The zero-order valence-electron chi connectivity index (χ0n) is 10.5. The summed E-state index contributed by atoms with van der Waals surface area (Å²) in [6, 6.07) is 4.22. The summed E-state index contributed by atoms with van der Waals surface area (Å²) in [6.45, 7) is 4.52. The molecule has 0 aliphatic carbocycles. The number of likely N-dealkylation sites (tertiary alicyclic amines) is 1. The van der Waals surface area contributed by atoms with E-state index in [0.717, 1.165) is 18.9 Å². The topological polar surface area (TPSA) is 42.1 Å². The first-order valence-corrected chi connectivity index (χ1v) is 6.70. The Morgan fingerprint density at radius 2 is 1.94 bits per heavy atom. The predicted octanol–water partition coefficient (Wildman–Crippen LogP) is 1.68. The van der Waals surface area contributed by atoms with Crippen LogP contribution in [0.3, 0.4) is 0 Å². The van der Waals surface area contributed by atoms with Crippen molar-refractivity contribution >= 4 is 0 Å². The van der Waals surface area contributed by atoms with Crippen molar-refractivity contribution < 1.29 is 0 Å². The zero-order valence-corrected chi connectivity index (χ0v) is 10.5. The van der Waals surface area contributed by atoms with Gasteiger partial charge in [-0.2, -0.15) is 0 Å². The number of piperidine rings is 1. The summed E-state index contributed by atoms with van der Waals surface area (Å²) in [5.41, 5.74) is 7.00. The molecule has 1 aliphatic rings. The molecule has 17 heavy (non-hydrogen) atoms. The van der Waals surface area contributed by atoms with Gasteiger partial charge in [0.25, 0.3) is 0 Å². The molecule has 0 amide bonds. The molecule has 2 N–H and O–H groups in total. The lowest BCUT2D eigenvalue weighted by Crippen LogP contribution is -2.35. The highest BCUT2D eigenvalue weighted by molar-refractivity contribution is 5.09. The van der Waals surface area contributed by atoms with E-state index >= 15 is 0 Å². The predicted molar refractivity (Wildman–Crippen MR) is 70.8 cm³/mol. The maximum absolute atomic E-state index is 5.61. The van der Waals surface area contributed by atoms with Crippen LogP contribution < -0.4 is 5.73 Å². The van der Waals surface area contributed by atoms with Gasteiger partial charge >= 0.3 is 0 Å². The number of pyridine rings is 1. The summed E-state index contributed by atoms with van der Waals surface area (Å²) in [7, 11) is 0. The molecule has 1 aromatic rings. The lowest BCUT2D eigenvalue weighted by molar-refractivity contribution is 0.182. The van der Waals surface area contributed by atoms with Crippen molar-refractivity contribution in [2.45, 2.75) is 25.7 Å². The van der Waals surface area contributed by atoms with E-state index in [1.165, 1.54) is 44.5 Å². The second-order valence-corrected chi connectivity index (χ2v) is 4.97. The van der Waals surface area contributed by atoms with Crippen LogP contribution in [0.15, 0.2) is 24.5 Å². The van der Waals surface area contributed by atoms with Gasteiger partial charge in [-0.1, -0.05) is 0 Å². The number of aromatic nitrogens is 1. The highest BCUT2D eigenvalue weighted by atomic mass is 15.1. The first kappa shape index (κ1) is 12.5. The van der Waals surface area contributed by atoms with Gasteiger partial charge in [0.15, 0.2) is 0 Å². The molecule has 0 aromatic carbocycles. The molecule has 0 spiro atoms. The molecular formula is C14H23N3. The molecule has 0 bridgehead atoms. The zero-order chi connectivity index (χ0) is 11.9. The monoisotopic (exact) mass is 233 g/mol. The SMILES string of the molecule is NCCC1CCN(CCc2ccncc2)CC1. The third-order valence-electron chi connectivity index (χ3n) is 3.75. The number of nitrogens with two attached hydrogens (primary N) is 1. The smallest absolute Gasteiger partial charge is 0.0270 e. The summed E-state index contributed by atoms with van der Waals surface area (Å²) < 4.78 is 0. The highest BCUT2D eigenvalue weighted by Gasteiger charge is 2.17. The van der Waals surface area contributed by atoms with Gasteiger partial charge in [-0.3, -0.25) is 4.98 Å². The largest absolute Gasteiger partial charge is 0.330 e. The Kier molecular flexibility index (Phi) is 4.95. The fourth-order valence-corrected chi connectivity index (χ4v) is 2.57. The number of hydrogen-bond acceptors (Lipinski definition) is 3. The number of hydrogen-bond donors (Lipinski definition) is 1. The molecule has 0 radical (unpaired) electrons. The van der Waals surface area contributed by atoms with Crippen LogP contribution in [-0.2, 0) is 6.42 Å². The van der Waals surface area contributed by atoms with Crippen molar-refractivity contribution in [3.63, 3.8) is 0 Å². The minimum atomic E-state index is 0.849. The fourth-order valence-electron chi connectivity index (χ4n) is 2.57.